The zero-order chi connectivity index (χ0) is 9.26. The first kappa shape index (κ1) is 8.40. The monoisotopic (exact) mass is 195 g/mol. The van der Waals surface area contributed by atoms with Crippen LogP contribution in [0.25, 0.3) is 10.8 Å². The Hall–Kier alpha value is -1.20. The molecule has 1 unspecified atom stereocenters. The van der Waals surface area contributed by atoms with Crippen LogP contribution in [0.4, 0.5) is 0 Å². The van der Waals surface area contributed by atoms with Crippen LogP contribution in [0.1, 0.15) is 18.8 Å². The highest BCUT2D eigenvalue weighted by atomic mass is 32.1. The minimum Gasteiger partial charge on any atom is -0.333 e. The first-order valence-corrected chi connectivity index (χ1v) is 4.78. The van der Waals surface area contributed by atoms with Gasteiger partial charge >= 0.3 is 0 Å². The number of nitrogens with zero attached hydrogens (tertiary/aromatic N) is 2. The van der Waals surface area contributed by atoms with E-state index in [0.29, 0.717) is 11.7 Å². The molecule has 0 aliphatic heterocycles. The number of thiophene rings is 1. The summed E-state index contributed by atoms with van der Waals surface area (Å²) in [6.45, 7) is 1.82. The van der Waals surface area contributed by atoms with Crippen molar-refractivity contribution >= 4 is 11.3 Å². The minimum absolute atomic E-state index is 0.183. The van der Waals surface area contributed by atoms with Crippen molar-refractivity contribution in [2.45, 2.75) is 13.0 Å². The zero-order valence-corrected chi connectivity index (χ0v) is 7.91. The van der Waals surface area contributed by atoms with Gasteiger partial charge in [0, 0.05) is 0 Å². The third-order valence-corrected chi connectivity index (χ3v) is 2.44. The average molecular weight is 195 g/mol. The topological polar surface area (TPSA) is 64.9 Å². The van der Waals surface area contributed by atoms with Crippen molar-refractivity contribution in [3.8, 4) is 10.8 Å². The van der Waals surface area contributed by atoms with Gasteiger partial charge in [0.25, 0.3) is 5.89 Å². The molecule has 4 nitrogen and oxygen atoms in total. The maximum Gasteiger partial charge on any atom is 0.268 e. The predicted molar refractivity (Wildman–Crippen MR) is 50.2 cm³/mol. The summed E-state index contributed by atoms with van der Waals surface area (Å²) >= 11 is 1.56. The summed E-state index contributed by atoms with van der Waals surface area (Å²) in [4.78, 5) is 5.13. The zero-order valence-electron chi connectivity index (χ0n) is 7.10. The molecule has 0 aliphatic carbocycles. The Kier molecular flexibility index (Phi) is 2.12. The van der Waals surface area contributed by atoms with Crippen molar-refractivity contribution in [3.05, 3.63) is 23.3 Å². The van der Waals surface area contributed by atoms with Crippen LogP contribution in [0, 0.1) is 0 Å². The summed E-state index contributed by atoms with van der Waals surface area (Å²) in [5.74, 6) is 1.09. The first-order valence-electron chi connectivity index (χ1n) is 3.90. The molecule has 5 heteroatoms. The quantitative estimate of drug-likeness (QED) is 0.793. The summed E-state index contributed by atoms with van der Waals surface area (Å²) in [5, 5.41) is 5.73. The van der Waals surface area contributed by atoms with E-state index in [4.69, 9.17) is 10.3 Å². The van der Waals surface area contributed by atoms with Crippen LogP contribution < -0.4 is 5.73 Å². The SMILES string of the molecule is CC(N)c1noc(-c2cccs2)n1. The highest BCUT2D eigenvalue weighted by Crippen LogP contribution is 2.23. The number of aromatic nitrogens is 2. The Morgan fingerprint density at radius 1 is 1.62 bits per heavy atom. The predicted octanol–water partition coefficient (Wildman–Crippen LogP) is 1.82. The van der Waals surface area contributed by atoms with Crippen LogP contribution in [0.5, 0.6) is 0 Å². The molecule has 2 rings (SSSR count). The Bertz CT molecular complexity index is 380. The lowest BCUT2D eigenvalue weighted by Gasteiger charge is -1.92. The Balaban J connectivity index is 2.33. The van der Waals surface area contributed by atoms with Crippen molar-refractivity contribution in [1.29, 1.82) is 0 Å². The van der Waals surface area contributed by atoms with E-state index in [1.165, 1.54) is 0 Å². The van der Waals surface area contributed by atoms with Gasteiger partial charge in [-0.2, -0.15) is 4.98 Å². The first-order chi connectivity index (χ1) is 6.27. The standard InChI is InChI=1S/C8H9N3OS/c1-5(9)7-10-8(12-11-7)6-3-2-4-13-6/h2-5H,9H2,1H3. The molecule has 0 fully saturated rings. The van der Waals surface area contributed by atoms with Crippen LogP contribution in [-0.2, 0) is 0 Å². The Morgan fingerprint density at radius 3 is 3.00 bits per heavy atom. The van der Waals surface area contributed by atoms with E-state index < -0.39 is 0 Å². The van der Waals surface area contributed by atoms with Crippen LogP contribution in [0.2, 0.25) is 0 Å². The van der Waals surface area contributed by atoms with Gasteiger partial charge in [0.2, 0.25) is 0 Å². The number of hydrogen-bond donors (Lipinski definition) is 1. The van der Waals surface area contributed by atoms with E-state index >= 15 is 0 Å². The largest absolute Gasteiger partial charge is 0.333 e. The van der Waals surface area contributed by atoms with Crippen LogP contribution in [0.3, 0.4) is 0 Å². The van der Waals surface area contributed by atoms with Crippen LogP contribution in [0.15, 0.2) is 22.0 Å². The summed E-state index contributed by atoms with van der Waals surface area (Å²) in [6, 6.07) is 3.69. The summed E-state index contributed by atoms with van der Waals surface area (Å²) in [7, 11) is 0. The number of nitrogens with two attached hydrogens (primary N) is 1. The van der Waals surface area contributed by atoms with Gasteiger partial charge in [0.1, 0.15) is 0 Å². The molecule has 13 heavy (non-hydrogen) atoms. The van der Waals surface area contributed by atoms with Crippen molar-refractivity contribution in [2.75, 3.05) is 0 Å². The number of hydrogen-bond acceptors (Lipinski definition) is 5. The molecule has 2 aromatic rings. The molecule has 2 N–H and O–H groups in total. The lowest BCUT2D eigenvalue weighted by atomic mass is 10.3. The van der Waals surface area contributed by atoms with Gasteiger partial charge in [0.05, 0.1) is 10.9 Å². The molecule has 2 heterocycles. The van der Waals surface area contributed by atoms with Gasteiger partial charge in [-0.05, 0) is 18.4 Å². The van der Waals surface area contributed by atoms with E-state index in [-0.39, 0.29) is 6.04 Å². The highest BCUT2D eigenvalue weighted by Gasteiger charge is 2.11. The molecular weight excluding hydrogens is 186 g/mol. The van der Waals surface area contributed by atoms with Gasteiger partial charge in [-0.25, -0.2) is 0 Å². The molecule has 0 aromatic carbocycles. The smallest absolute Gasteiger partial charge is 0.268 e. The maximum absolute atomic E-state index is 5.60. The van der Waals surface area contributed by atoms with Crippen molar-refractivity contribution in [1.82, 2.24) is 10.1 Å². The second-order valence-electron chi connectivity index (χ2n) is 2.72. The summed E-state index contributed by atoms with van der Waals surface area (Å²) in [6.07, 6.45) is 0. The molecule has 1 atom stereocenters. The van der Waals surface area contributed by atoms with E-state index in [1.807, 2.05) is 24.4 Å². The lowest BCUT2D eigenvalue weighted by molar-refractivity contribution is 0.419. The number of rotatable bonds is 2. The third-order valence-electron chi connectivity index (χ3n) is 1.58. The van der Waals surface area contributed by atoms with Crippen LogP contribution >= 0.6 is 11.3 Å². The van der Waals surface area contributed by atoms with Crippen molar-refractivity contribution < 1.29 is 4.52 Å². The molecule has 0 amide bonds. The third kappa shape index (κ3) is 1.61. The normalized spacial score (nSPS) is 13.1. The second-order valence-corrected chi connectivity index (χ2v) is 3.67. The van der Waals surface area contributed by atoms with Gasteiger partial charge in [-0.1, -0.05) is 11.2 Å². The molecule has 2 aromatic heterocycles. The maximum atomic E-state index is 5.60. The summed E-state index contributed by atoms with van der Waals surface area (Å²) < 4.78 is 5.04. The molecule has 0 radical (unpaired) electrons. The highest BCUT2D eigenvalue weighted by molar-refractivity contribution is 7.13. The minimum atomic E-state index is -0.183. The fraction of sp³-hybridized carbons (Fsp3) is 0.250. The van der Waals surface area contributed by atoms with Crippen molar-refractivity contribution in [3.63, 3.8) is 0 Å². The van der Waals surface area contributed by atoms with Gasteiger partial charge < -0.3 is 10.3 Å². The summed E-state index contributed by atoms with van der Waals surface area (Å²) in [5.41, 5.74) is 5.60. The Labute approximate surface area is 79.4 Å². The molecule has 0 bridgehead atoms. The molecule has 0 aliphatic rings. The van der Waals surface area contributed by atoms with Crippen LogP contribution in [-0.4, -0.2) is 10.1 Å². The molecule has 0 spiro atoms. The molecule has 0 saturated heterocycles. The van der Waals surface area contributed by atoms with Crippen molar-refractivity contribution in [2.24, 2.45) is 5.73 Å². The second kappa shape index (κ2) is 3.27. The van der Waals surface area contributed by atoms with E-state index in [0.717, 1.165) is 4.88 Å². The van der Waals surface area contributed by atoms with Gasteiger partial charge in [0.15, 0.2) is 5.82 Å². The van der Waals surface area contributed by atoms with Gasteiger partial charge in [-0.3, -0.25) is 0 Å². The molecule has 0 saturated carbocycles. The van der Waals surface area contributed by atoms with E-state index in [1.54, 1.807) is 11.3 Å². The molecular formula is C8H9N3OS. The fourth-order valence-electron chi connectivity index (χ4n) is 0.920. The van der Waals surface area contributed by atoms with E-state index in [9.17, 15) is 0 Å². The Morgan fingerprint density at radius 2 is 2.46 bits per heavy atom. The van der Waals surface area contributed by atoms with E-state index in [2.05, 4.69) is 10.1 Å². The van der Waals surface area contributed by atoms with Gasteiger partial charge in [-0.15, -0.1) is 11.3 Å². The fourth-order valence-corrected chi connectivity index (χ4v) is 1.56. The lowest BCUT2D eigenvalue weighted by Crippen LogP contribution is -2.06. The molecule has 68 valence electrons. The average Bonchev–Trinajstić information content (AvgIpc) is 2.75.